The van der Waals surface area contributed by atoms with Crippen molar-refractivity contribution in [3.63, 3.8) is 0 Å². The van der Waals surface area contributed by atoms with Crippen LogP contribution in [0.2, 0.25) is 0 Å². The molecule has 0 saturated carbocycles. The summed E-state index contributed by atoms with van der Waals surface area (Å²) < 4.78 is 0. The fourth-order valence-corrected chi connectivity index (χ4v) is 2.52. The van der Waals surface area contributed by atoms with Crippen LogP contribution in [0.25, 0.3) is 0 Å². The second-order valence-corrected chi connectivity index (χ2v) is 7.16. The molecule has 10 N–H and O–H groups in total. The van der Waals surface area contributed by atoms with E-state index < -0.39 is 49.8 Å². The molecular formula is C19H31N5O10. The van der Waals surface area contributed by atoms with Gasteiger partial charge in [0.25, 0.3) is 0 Å². The second-order valence-electron chi connectivity index (χ2n) is 7.16. The summed E-state index contributed by atoms with van der Waals surface area (Å²) in [4.78, 5) is 28.4. The predicted molar refractivity (Wildman–Crippen MR) is 115 cm³/mol. The number of aromatic amines is 2. The molecule has 15 nitrogen and oxygen atoms in total. The fourth-order valence-electron chi connectivity index (χ4n) is 2.52. The first-order valence-electron chi connectivity index (χ1n) is 9.97. The smallest absolute Gasteiger partial charge is 0.194 e. The molecular weight excluding hydrogens is 458 g/mol. The Labute approximate surface area is 194 Å². The lowest BCUT2D eigenvalue weighted by Crippen LogP contribution is -2.34. The molecule has 0 aliphatic rings. The zero-order valence-corrected chi connectivity index (χ0v) is 18.8. The minimum absolute atomic E-state index is 0.0553. The molecule has 2 aromatic heterocycles. The molecule has 0 spiro atoms. The molecule has 6 atom stereocenters. The Morgan fingerprint density at radius 3 is 1.65 bits per heavy atom. The highest BCUT2D eigenvalue weighted by Crippen LogP contribution is 2.18. The van der Waals surface area contributed by atoms with Crippen molar-refractivity contribution in [2.45, 2.75) is 50.5 Å². The van der Waals surface area contributed by atoms with E-state index in [-0.39, 0.29) is 23.0 Å². The van der Waals surface area contributed by atoms with Gasteiger partial charge in [-0.1, -0.05) is 5.16 Å². The van der Waals surface area contributed by atoms with Crippen molar-refractivity contribution in [3.8, 4) is 0 Å². The molecule has 0 unspecified atom stereocenters. The van der Waals surface area contributed by atoms with Gasteiger partial charge in [0.15, 0.2) is 17.4 Å². The standard InChI is InChI=1S/C10H17N3O5.C9H14N2O5/c1-5(13-18-2)10-11-3-6(12-10)8(16)9(17)7(15)4-14;1-4(13)9-10-2-5(11-9)7(15)8(16)6(14)3-12/h3,7-9,14-17H,4H2,1-2H3,(H,11,12);2,6-8,12,14-16H,3H2,1H3,(H,10,11)/t7-,8-,9-;6-,7-,8-/m11/s1. The van der Waals surface area contributed by atoms with Crippen LogP contribution in [0.3, 0.4) is 0 Å². The molecule has 0 aliphatic carbocycles. The molecule has 0 amide bonds. The highest BCUT2D eigenvalue weighted by molar-refractivity contribution is 5.94. The van der Waals surface area contributed by atoms with E-state index in [4.69, 9.17) is 15.3 Å². The average Bonchev–Trinajstić information content (AvgIpc) is 3.52. The Morgan fingerprint density at radius 1 is 0.882 bits per heavy atom. The molecule has 0 radical (unpaired) electrons. The molecule has 192 valence electrons. The first-order valence-corrected chi connectivity index (χ1v) is 9.97. The van der Waals surface area contributed by atoms with Crippen LogP contribution >= 0.6 is 0 Å². The number of nitrogens with zero attached hydrogens (tertiary/aromatic N) is 3. The van der Waals surface area contributed by atoms with Crippen molar-refractivity contribution in [2.75, 3.05) is 20.3 Å². The van der Waals surface area contributed by atoms with E-state index in [0.717, 1.165) is 0 Å². The summed E-state index contributed by atoms with van der Waals surface area (Å²) in [5, 5.41) is 77.5. The van der Waals surface area contributed by atoms with Gasteiger partial charge in [0.1, 0.15) is 49.4 Å². The van der Waals surface area contributed by atoms with Crippen molar-refractivity contribution in [1.82, 2.24) is 19.9 Å². The van der Waals surface area contributed by atoms with Gasteiger partial charge in [-0.3, -0.25) is 4.79 Å². The normalized spacial score (nSPS) is 17.1. The van der Waals surface area contributed by atoms with Gasteiger partial charge in [-0.15, -0.1) is 0 Å². The summed E-state index contributed by atoms with van der Waals surface area (Å²) in [5.74, 6) is 0.118. The zero-order valence-electron chi connectivity index (χ0n) is 18.8. The lowest BCUT2D eigenvalue weighted by molar-refractivity contribution is -0.0788. The van der Waals surface area contributed by atoms with Gasteiger partial charge in [-0.05, 0) is 6.92 Å². The molecule has 2 aromatic rings. The first-order chi connectivity index (χ1) is 16.0. The number of nitrogens with one attached hydrogen (secondary N) is 2. The number of carbonyl (C=O) groups is 1. The van der Waals surface area contributed by atoms with E-state index in [9.17, 15) is 30.3 Å². The van der Waals surface area contributed by atoms with E-state index in [1.54, 1.807) is 6.92 Å². The van der Waals surface area contributed by atoms with E-state index >= 15 is 0 Å². The van der Waals surface area contributed by atoms with Crippen LogP contribution in [0.5, 0.6) is 0 Å². The van der Waals surface area contributed by atoms with Crippen LogP contribution in [-0.4, -0.2) is 117 Å². The molecule has 0 aliphatic heterocycles. The van der Waals surface area contributed by atoms with Gasteiger partial charge < -0.3 is 55.7 Å². The Balaban J connectivity index is 0.000000342. The predicted octanol–water partition coefficient (Wildman–Crippen LogP) is -3.11. The van der Waals surface area contributed by atoms with Crippen LogP contribution in [0.1, 0.15) is 53.9 Å². The maximum absolute atomic E-state index is 10.9. The number of ketones is 1. The van der Waals surface area contributed by atoms with Gasteiger partial charge in [0.2, 0.25) is 0 Å². The van der Waals surface area contributed by atoms with Gasteiger partial charge >= 0.3 is 0 Å². The molecule has 2 rings (SSSR count). The van der Waals surface area contributed by atoms with Crippen LogP contribution in [0, 0.1) is 0 Å². The summed E-state index contributed by atoms with van der Waals surface area (Å²) >= 11 is 0. The van der Waals surface area contributed by atoms with Crippen molar-refractivity contribution >= 4 is 11.5 Å². The number of imidazole rings is 2. The van der Waals surface area contributed by atoms with Crippen molar-refractivity contribution in [2.24, 2.45) is 5.16 Å². The Morgan fingerprint density at radius 2 is 1.29 bits per heavy atom. The molecule has 34 heavy (non-hydrogen) atoms. The number of hydrogen-bond acceptors (Lipinski definition) is 13. The number of aromatic nitrogens is 4. The number of oxime groups is 1. The van der Waals surface area contributed by atoms with Gasteiger partial charge in [-0.2, -0.15) is 0 Å². The Bertz CT molecular complexity index is 917. The number of H-pyrrole nitrogens is 2. The van der Waals surface area contributed by atoms with E-state index in [0.29, 0.717) is 11.5 Å². The van der Waals surface area contributed by atoms with Crippen LogP contribution in [-0.2, 0) is 4.84 Å². The number of Topliss-reactive ketones (excluding diaryl/α,β-unsaturated/α-hetero) is 1. The monoisotopic (exact) mass is 489 g/mol. The summed E-state index contributed by atoms with van der Waals surface area (Å²) in [6, 6.07) is 0. The maximum Gasteiger partial charge on any atom is 0.194 e. The number of rotatable bonds is 11. The van der Waals surface area contributed by atoms with Crippen molar-refractivity contribution in [3.05, 3.63) is 35.4 Å². The fraction of sp³-hybridized carbons (Fsp3) is 0.579. The lowest BCUT2D eigenvalue weighted by Gasteiger charge is -2.20. The molecule has 15 heteroatoms. The first kappa shape index (κ1) is 29.3. The maximum atomic E-state index is 10.9. The largest absolute Gasteiger partial charge is 0.399 e. The van der Waals surface area contributed by atoms with Crippen molar-refractivity contribution < 1.29 is 50.5 Å². The Hall–Kier alpha value is -2.76. The van der Waals surface area contributed by atoms with Gasteiger partial charge in [0, 0.05) is 6.92 Å². The summed E-state index contributed by atoms with van der Waals surface area (Å²) in [6.45, 7) is 1.63. The number of hydrogen-bond donors (Lipinski definition) is 10. The molecule has 0 bridgehead atoms. The third-order valence-electron chi connectivity index (χ3n) is 4.54. The van der Waals surface area contributed by atoms with Crippen LogP contribution in [0.4, 0.5) is 0 Å². The second kappa shape index (κ2) is 13.8. The summed E-state index contributed by atoms with van der Waals surface area (Å²) in [5.41, 5.74) is 0.772. The van der Waals surface area contributed by atoms with E-state index in [2.05, 4.69) is 29.9 Å². The molecule has 0 aromatic carbocycles. The number of aliphatic hydroxyl groups is 8. The minimum Gasteiger partial charge on any atom is -0.399 e. The third-order valence-corrected chi connectivity index (χ3v) is 4.54. The zero-order chi connectivity index (χ0) is 26.0. The van der Waals surface area contributed by atoms with E-state index in [1.807, 2.05) is 0 Å². The van der Waals surface area contributed by atoms with Crippen LogP contribution in [0.15, 0.2) is 17.5 Å². The molecule has 2 heterocycles. The third kappa shape index (κ3) is 7.93. The highest BCUT2D eigenvalue weighted by atomic mass is 16.6. The van der Waals surface area contributed by atoms with Gasteiger partial charge in [-0.25, -0.2) is 9.97 Å². The molecule has 0 saturated heterocycles. The quantitative estimate of drug-likeness (QED) is 0.0854. The number of aliphatic hydroxyl groups excluding tert-OH is 8. The van der Waals surface area contributed by atoms with Gasteiger partial charge in [0.05, 0.1) is 37.0 Å². The summed E-state index contributed by atoms with van der Waals surface area (Å²) in [6.07, 6.45) is -6.28. The molecule has 0 fully saturated rings. The minimum atomic E-state index is -1.55. The SMILES string of the molecule is CC(=O)c1ncc([C@@H](O)[C@H](O)[C@H](O)CO)[nH]1.CON=C(C)c1ncc([C@@H](O)[C@H](O)[C@H](O)CO)[nH]1. The van der Waals surface area contributed by atoms with E-state index in [1.165, 1.54) is 26.4 Å². The highest BCUT2D eigenvalue weighted by Gasteiger charge is 2.28. The number of carbonyl (C=O) groups excluding carboxylic acids is 1. The summed E-state index contributed by atoms with van der Waals surface area (Å²) in [7, 11) is 1.39. The Kier molecular flexibility index (Phi) is 11.9. The topological polar surface area (TPSA) is 258 Å². The van der Waals surface area contributed by atoms with Crippen molar-refractivity contribution in [1.29, 1.82) is 0 Å². The average molecular weight is 489 g/mol. The van der Waals surface area contributed by atoms with Crippen LogP contribution < -0.4 is 0 Å². The lowest BCUT2D eigenvalue weighted by atomic mass is 10.1.